The Bertz CT molecular complexity index is 205. The molecule has 0 aliphatic heterocycles. The first kappa shape index (κ1) is 13.5. The van der Waals surface area contributed by atoms with Gasteiger partial charge in [0.05, 0.1) is 0 Å². The number of hydrogen-bond donors (Lipinski definition) is 0. The summed E-state index contributed by atoms with van der Waals surface area (Å²) in [6.07, 6.45) is 18.7. The summed E-state index contributed by atoms with van der Waals surface area (Å²) in [6, 6.07) is 0. The molecule has 0 fully saturated rings. The Balaban J connectivity index is 2.33. The molecule has 0 atom stereocenters. The van der Waals surface area contributed by atoms with Gasteiger partial charge in [-0.3, -0.25) is 0 Å². The smallest absolute Gasteiger partial charge is 0.120 e. The van der Waals surface area contributed by atoms with E-state index in [0.29, 0.717) is 6.42 Å². The molecule has 16 heavy (non-hydrogen) atoms. The topological polar surface area (TPSA) is 17.1 Å². The Labute approximate surface area is 100 Å². The van der Waals surface area contributed by atoms with Crippen molar-refractivity contribution in [1.29, 1.82) is 0 Å². The molecule has 0 heterocycles. The minimum atomic E-state index is 0.714. The van der Waals surface area contributed by atoms with Gasteiger partial charge < -0.3 is 4.79 Å². The molecule has 0 saturated carbocycles. The fourth-order valence-electron chi connectivity index (χ4n) is 2.44. The SMILES string of the molecule is O=CCC/C1=C\CCCCCCCCCC1. The van der Waals surface area contributed by atoms with Gasteiger partial charge in [0.15, 0.2) is 0 Å². The molecule has 0 aromatic rings. The van der Waals surface area contributed by atoms with Crippen LogP contribution < -0.4 is 0 Å². The van der Waals surface area contributed by atoms with Gasteiger partial charge in [-0.05, 0) is 32.1 Å². The molecular formula is C15H26O. The number of carbonyl (C=O) groups is 1. The van der Waals surface area contributed by atoms with E-state index in [1.54, 1.807) is 0 Å². The molecule has 92 valence electrons. The summed E-state index contributed by atoms with van der Waals surface area (Å²) in [5, 5.41) is 0. The van der Waals surface area contributed by atoms with E-state index in [1.807, 2.05) is 0 Å². The first-order valence-corrected chi connectivity index (χ1v) is 7.05. The highest BCUT2D eigenvalue weighted by Crippen LogP contribution is 2.19. The van der Waals surface area contributed by atoms with Crippen LogP contribution >= 0.6 is 0 Å². The second-order valence-corrected chi connectivity index (χ2v) is 4.93. The molecule has 0 amide bonds. The van der Waals surface area contributed by atoms with E-state index in [0.717, 1.165) is 12.7 Å². The van der Waals surface area contributed by atoms with Crippen LogP contribution in [-0.4, -0.2) is 6.29 Å². The molecule has 1 aliphatic carbocycles. The number of hydrogen-bond acceptors (Lipinski definition) is 1. The average molecular weight is 222 g/mol. The van der Waals surface area contributed by atoms with Gasteiger partial charge in [0.25, 0.3) is 0 Å². The van der Waals surface area contributed by atoms with Crippen molar-refractivity contribution in [2.24, 2.45) is 0 Å². The maximum Gasteiger partial charge on any atom is 0.120 e. The zero-order valence-electron chi connectivity index (χ0n) is 10.5. The number of aldehydes is 1. The van der Waals surface area contributed by atoms with Crippen molar-refractivity contribution in [2.45, 2.75) is 77.0 Å². The first-order chi connectivity index (χ1) is 7.93. The molecule has 1 nitrogen and oxygen atoms in total. The van der Waals surface area contributed by atoms with Gasteiger partial charge in [0.2, 0.25) is 0 Å². The van der Waals surface area contributed by atoms with Crippen molar-refractivity contribution >= 4 is 6.29 Å². The molecule has 1 heteroatoms. The van der Waals surface area contributed by atoms with Crippen molar-refractivity contribution in [3.63, 3.8) is 0 Å². The molecule has 0 saturated heterocycles. The van der Waals surface area contributed by atoms with E-state index < -0.39 is 0 Å². The third-order valence-corrected chi connectivity index (χ3v) is 3.47. The van der Waals surface area contributed by atoms with Gasteiger partial charge >= 0.3 is 0 Å². The van der Waals surface area contributed by atoms with Crippen LogP contribution in [0.1, 0.15) is 77.0 Å². The summed E-state index contributed by atoms with van der Waals surface area (Å²) in [6.45, 7) is 0. The summed E-state index contributed by atoms with van der Waals surface area (Å²) in [5.41, 5.74) is 1.53. The third kappa shape index (κ3) is 6.81. The lowest BCUT2D eigenvalue weighted by Gasteiger charge is -2.08. The van der Waals surface area contributed by atoms with Gasteiger partial charge in [0.1, 0.15) is 6.29 Å². The fourth-order valence-corrected chi connectivity index (χ4v) is 2.44. The largest absolute Gasteiger partial charge is 0.303 e. The van der Waals surface area contributed by atoms with Crippen LogP contribution in [0, 0.1) is 0 Å². The van der Waals surface area contributed by atoms with Gasteiger partial charge in [-0.15, -0.1) is 0 Å². The molecule has 1 rings (SSSR count). The lowest BCUT2D eigenvalue weighted by Crippen LogP contribution is -1.90. The van der Waals surface area contributed by atoms with Crippen molar-refractivity contribution in [3.8, 4) is 0 Å². The lowest BCUT2D eigenvalue weighted by atomic mass is 9.98. The van der Waals surface area contributed by atoms with E-state index >= 15 is 0 Å². The summed E-state index contributed by atoms with van der Waals surface area (Å²) < 4.78 is 0. The van der Waals surface area contributed by atoms with E-state index in [2.05, 4.69) is 6.08 Å². The van der Waals surface area contributed by atoms with Gasteiger partial charge in [-0.2, -0.15) is 0 Å². The van der Waals surface area contributed by atoms with Crippen LogP contribution in [0.25, 0.3) is 0 Å². The normalized spacial score (nSPS) is 23.6. The quantitative estimate of drug-likeness (QED) is 0.495. The average Bonchev–Trinajstić information content (AvgIpc) is 2.28. The van der Waals surface area contributed by atoms with Crippen LogP contribution in [0.15, 0.2) is 11.6 Å². The molecule has 0 spiro atoms. The Morgan fingerprint density at radius 3 is 2.25 bits per heavy atom. The Hall–Kier alpha value is -0.590. The molecule has 1 aliphatic rings. The highest BCUT2D eigenvalue weighted by molar-refractivity contribution is 5.49. The van der Waals surface area contributed by atoms with Crippen LogP contribution in [0.2, 0.25) is 0 Å². The second-order valence-electron chi connectivity index (χ2n) is 4.93. The van der Waals surface area contributed by atoms with Gasteiger partial charge in [-0.25, -0.2) is 0 Å². The maximum atomic E-state index is 10.4. The summed E-state index contributed by atoms with van der Waals surface area (Å²) >= 11 is 0. The van der Waals surface area contributed by atoms with Gasteiger partial charge in [-0.1, -0.05) is 50.2 Å². The van der Waals surface area contributed by atoms with E-state index in [4.69, 9.17) is 0 Å². The summed E-state index contributed by atoms with van der Waals surface area (Å²) in [7, 11) is 0. The first-order valence-electron chi connectivity index (χ1n) is 7.05. The Morgan fingerprint density at radius 1 is 0.938 bits per heavy atom. The predicted octanol–water partition coefficient (Wildman–Crippen LogP) is 4.81. The summed E-state index contributed by atoms with van der Waals surface area (Å²) in [4.78, 5) is 10.4. The van der Waals surface area contributed by atoms with Crippen LogP contribution in [0.5, 0.6) is 0 Å². The van der Waals surface area contributed by atoms with Crippen LogP contribution in [0.3, 0.4) is 0 Å². The number of allylic oxidation sites excluding steroid dienone is 2. The third-order valence-electron chi connectivity index (χ3n) is 3.47. The van der Waals surface area contributed by atoms with E-state index in [9.17, 15) is 4.79 Å². The van der Waals surface area contributed by atoms with E-state index in [-0.39, 0.29) is 0 Å². The zero-order valence-corrected chi connectivity index (χ0v) is 10.5. The van der Waals surface area contributed by atoms with E-state index in [1.165, 1.54) is 69.8 Å². The predicted molar refractivity (Wildman–Crippen MR) is 69.6 cm³/mol. The molecule has 0 bridgehead atoms. The van der Waals surface area contributed by atoms with Crippen LogP contribution in [-0.2, 0) is 4.79 Å². The molecule has 0 radical (unpaired) electrons. The maximum absolute atomic E-state index is 10.4. The number of carbonyl (C=O) groups excluding carboxylic acids is 1. The summed E-state index contributed by atoms with van der Waals surface area (Å²) in [5.74, 6) is 0. The Morgan fingerprint density at radius 2 is 1.56 bits per heavy atom. The molecule has 0 aromatic heterocycles. The number of rotatable bonds is 3. The minimum absolute atomic E-state index is 0.714. The molecule has 0 aromatic carbocycles. The van der Waals surface area contributed by atoms with Crippen molar-refractivity contribution < 1.29 is 4.79 Å². The Kier molecular flexibility index (Phi) is 8.10. The highest BCUT2D eigenvalue weighted by Gasteiger charge is 2.00. The molecular weight excluding hydrogens is 196 g/mol. The van der Waals surface area contributed by atoms with Crippen molar-refractivity contribution in [2.75, 3.05) is 0 Å². The second kappa shape index (κ2) is 9.62. The fraction of sp³-hybridized carbons (Fsp3) is 0.800. The minimum Gasteiger partial charge on any atom is -0.303 e. The van der Waals surface area contributed by atoms with Crippen molar-refractivity contribution in [1.82, 2.24) is 0 Å². The lowest BCUT2D eigenvalue weighted by molar-refractivity contribution is -0.107. The molecule has 0 N–H and O–H groups in total. The van der Waals surface area contributed by atoms with Gasteiger partial charge in [0, 0.05) is 6.42 Å². The standard InChI is InChI=1S/C15H26O/c16-14-10-13-15-11-8-6-4-2-1-3-5-7-9-12-15/h11,14H,1-10,12-13H2/b15-11-. The highest BCUT2D eigenvalue weighted by atomic mass is 16.1. The monoisotopic (exact) mass is 222 g/mol. The van der Waals surface area contributed by atoms with Crippen molar-refractivity contribution in [3.05, 3.63) is 11.6 Å². The zero-order chi connectivity index (χ0) is 11.5. The van der Waals surface area contributed by atoms with Crippen LogP contribution in [0.4, 0.5) is 0 Å². The molecule has 0 unspecified atom stereocenters.